The van der Waals surface area contributed by atoms with E-state index in [1.54, 1.807) is 0 Å². The van der Waals surface area contributed by atoms with E-state index < -0.39 is 0 Å². The summed E-state index contributed by atoms with van der Waals surface area (Å²) in [5, 5.41) is 6.91. The molecule has 1 rings (SSSR count). The Kier molecular flexibility index (Phi) is 2.90. The maximum atomic E-state index is 3.56. The lowest BCUT2D eigenvalue weighted by molar-refractivity contribution is 0.356. The van der Waals surface area contributed by atoms with Gasteiger partial charge in [0.1, 0.15) is 0 Å². The monoisotopic (exact) mass is 156 g/mol. The third-order valence-electron chi connectivity index (χ3n) is 1.98. The molecule has 1 fully saturated rings. The Morgan fingerprint density at radius 3 is 2.64 bits per heavy atom. The van der Waals surface area contributed by atoms with Crippen LogP contribution in [0.4, 0.5) is 0 Å². The average molecular weight is 156 g/mol. The lowest BCUT2D eigenvalue weighted by Crippen LogP contribution is -2.36. The quantitative estimate of drug-likeness (QED) is 0.623. The predicted molar refractivity (Wildman–Crippen MR) is 48.7 cm³/mol. The largest absolute Gasteiger partial charge is 0.315 e. The van der Waals surface area contributed by atoms with Gasteiger partial charge < -0.3 is 10.6 Å². The van der Waals surface area contributed by atoms with Crippen LogP contribution >= 0.6 is 0 Å². The van der Waals surface area contributed by atoms with Crippen molar-refractivity contribution < 1.29 is 0 Å². The molecule has 0 spiro atoms. The molecule has 0 aliphatic carbocycles. The van der Waals surface area contributed by atoms with Crippen LogP contribution in [0.1, 0.15) is 27.2 Å². The van der Waals surface area contributed by atoms with Gasteiger partial charge in [0.25, 0.3) is 0 Å². The smallest absolute Gasteiger partial charge is 0.0204 e. The highest BCUT2D eigenvalue weighted by Gasteiger charge is 2.16. The second kappa shape index (κ2) is 3.55. The summed E-state index contributed by atoms with van der Waals surface area (Å²) in [6.07, 6.45) is 1.29. The Bertz CT molecular complexity index is 109. The van der Waals surface area contributed by atoms with Gasteiger partial charge in [-0.05, 0) is 18.4 Å². The van der Waals surface area contributed by atoms with Gasteiger partial charge in [0.05, 0.1) is 0 Å². The maximum absolute atomic E-state index is 3.56. The van der Waals surface area contributed by atoms with Crippen LogP contribution in [-0.4, -0.2) is 25.7 Å². The molecule has 1 saturated heterocycles. The highest BCUT2D eigenvalue weighted by Crippen LogP contribution is 2.11. The molecule has 0 aromatic heterocycles. The molecule has 11 heavy (non-hydrogen) atoms. The molecule has 66 valence electrons. The predicted octanol–water partition coefficient (Wildman–Crippen LogP) is 0.984. The minimum Gasteiger partial charge on any atom is -0.315 e. The van der Waals surface area contributed by atoms with E-state index >= 15 is 0 Å². The van der Waals surface area contributed by atoms with E-state index in [0.717, 1.165) is 13.1 Å². The maximum Gasteiger partial charge on any atom is 0.0204 e. The summed E-state index contributed by atoms with van der Waals surface area (Å²) in [6, 6.07) is 0.717. The molecule has 0 aromatic carbocycles. The highest BCUT2D eigenvalue weighted by molar-refractivity contribution is 4.79. The van der Waals surface area contributed by atoms with Crippen molar-refractivity contribution >= 4 is 0 Å². The summed E-state index contributed by atoms with van der Waals surface area (Å²) < 4.78 is 0. The van der Waals surface area contributed by atoms with Crippen molar-refractivity contribution in [2.75, 3.05) is 19.6 Å². The molecule has 2 heteroatoms. The molecule has 0 amide bonds. The SMILES string of the molecule is CC(C)(C)CNC1CCNC1. The fourth-order valence-electron chi connectivity index (χ4n) is 1.28. The van der Waals surface area contributed by atoms with Crippen LogP contribution in [0, 0.1) is 5.41 Å². The Balaban J connectivity index is 2.11. The van der Waals surface area contributed by atoms with E-state index in [-0.39, 0.29) is 0 Å². The van der Waals surface area contributed by atoms with E-state index in [1.807, 2.05) is 0 Å². The molecule has 0 bridgehead atoms. The fraction of sp³-hybridized carbons (Fsp3) is 1.00. The van der Waals surface area contributed by atoms with Crippen molar-refractivity contribution in [1.82, 2.24) is 10.6 Å². The third-order valence-corrected chi connectivity index (χ3v) is 1.98. The van der Waals surface area contributed by atoms with E-state index in [1.165, 1.54) is 13.0 Å². The molecule has 1 atom stereocenters. The molecule has 1 unspecified atom stereocenters. The Hall–Kier alpha value is -0.0800. The minimum atomic E-state index is 0.419. The molecular formula is C9H20N2. The van der Waals surface area contributed by atoms with Gasteiger partial charge in [0.15, 0.2) is 0 Å². The van der Waals surface area contributed by atoms with Crippen LogP contribution in [0.2, 0.25) is 0 Å². The van der Waals surface area contributed by atoms with Crippen LogP contribution in [0.3, 0.4) is 0 Å². The van der Waals surface area contributed by atoms with E-state index in [2.05, 4.69) is 31.4 Å². The summed E-state index contributed by atoms with van der Waals surface area (Å²) >= 11 is 0. The lowest BCUT2D eigenvalue weighted by atomic mass is 9.96. The average Bonchev–Trinajstić information content (AvgIpc) is 2.32. The van der Waals surface area contributed by atoms with Crippen LogP contribution in [-0.2, 0) is 0 Å². The lowest BCUT2D eigenvalue weighted by Gasteiger charge is -2.21. The molecule has 2 N–H and O–H groups in total. The third kappa shape index (κ3) is 3.73. The number of nitrogens with one attached hydrogen (secondary N) is 2. The first-order valence-electron chi connectivity index (χ1n) is 4.52. The summed E-state index contributed by atoms with van der Waals surface area (Å²) in [5.41, 5.74) is 0.419. The fourth-order valence-corrected chi connectivity index (χ4v) is 1.28. The molecule has 0 aromatic rings. The van der Waals surface area contributed by atoms with Crippen LogP contribution in [0.25, 0.3) is 0 Å². The topological polar surface area (TPSA) is 24.1 Å². The first-order chi connectivity index (χ1) is 5.08. The summed E-state index contributed by atoms with van der Waals surface area (Å²) in [4.78, 5) is 0. The number of hydrogen-bond donors (Lipinski definition) is 2. The second-order valence-electron chi connectivity index (χ2n) is 4.63. The van der Waals surface area contributed by atoms with E-state index in [0.29, 0.717) is 11.5 Å². The zero-order valence-corrected chi connectivity index (χ0v) is 7.91. The zero-order chi connectivity index (χ0) is 8.32. The van der Waals surface area contributed by atoms with Gasteiger partial charge in [0, 0.05) is 19.1 Å². The Labute approximate surface area is 69.8 Å². The second-order valence-corrected chi connectivity index (χ2v) is 4.63. The van der Waals surface area contributed by atoms with Gasteiger partial charge in [-0.2, -0.15) is 0 Å². The molecule has 0 saturated carbocycles. The first kappa shape index (κ1) is 9.01. The molecule has 1 heterocycles. The van der Waals surface area contributed by atoms with Crippen molar-refractivity contribution in [3.8, 4) is 0 Å². The van der Waals surface area contributed by atoms with Gasteiger partial charge in [-0.25, -0.2) is 0 Å². The molecular weight excluding hydrogens is 136 g/mol. The molecule has 0 radical (unpaired) electrons. The first-order valence-corrected chi connectivity index (χ1v) is 4.52. The molecule has 1 aliphatic heterocycles. The summed E-state index contributed by atoms with van der Waals surface area (Å²) in [6.45, 7) is 10.3. The van der Waals surface area contributed by atoms with Gasteiger partial charge >= 0.3 is 0 Å². The van der Waals surface area contributed by atoms with E-state index in [4.69, 9.17) is 0 Å². The molecule has 2 nitrogen and oxygen atoms in total. The van der Waals surface area contributed by atoms with Crippen molar-refractivity contribution in [2.45, 2.75) is 33.2 Å². The summed E-state index contributed by atoms with van der Waals surface area (Å²) in [5.74, 6) is 0. The van der Waals surface area contributed by atoms with Gasteiger partial charge in [-0.3, -0.25) is 0 Å². The van der Waals surface area contributed by atoms with Crippen LogP contribution in [0.5, 0.6) is 0 Å². The number of hydrogen-bond acceptors (Lipinski definition) is 2. The number of rotatable bonds is 2. The standard InChI is InChI=1S/C9H20N2/c1-9(2,3)7-11-8-4-5-10-6-8/h8,10-11H,4-7H2,1-3H3. The Morgan fingerprint density at radius 1 is 1.45 bits per heavy atom. The van der Waals surface area contributed by atoms with Gasteiger partial charge in [0.2, 0.25) is 0 Å². The Morgan fingerprint density at radius 2 is 2.18 bits per heavy atom. The highest BCUT2D eigenvalue weighted by atomic mass is 15.0. The van der Waals surface area contributed by atoms with Crippen molar-refractivity contribution in [1.29, 1.82) is 0 Å². The zero-order valence-electron chi connectivity index (χ0n) is 7.91. The summed E-state index contributed by atoms with van der Waals surface area (Å²) in [7, 11) is 0. The van der Waals surface area contributed by atoms with Crippen molar-refractivity contribution in [3.63, 3.8) is 0 Å². The van der Waals surface area contributed by atoms with Gasteiger partial charge in [-0.1, -0.05) is 20.8 Å². The minimum absolute atomic E-state index is 0.419. The van der Waals surface area contributed by atoms with E-state index in [9.17, 15) is 0 Å². The van der Waals surface area contributed by atoms with Gasteiger partial charge in [-0.15, -0.1) is 0 Å². The molecule has 1 aliphatic rings. The van der Waals surface area contributed by atoms with Crippen LogP contribution < -0.4 is 10.6 Å². The van der Waals surface area contributed by atoms with Crippen LogP contribution in [0.15, 0.2) is 0 Å². The normalized spacial score (nSPS) is 25.9. The van der Waals surface area contributed by atoms with Crippen molar-refractivity contribution in [2.24, 2.45) is 5.41 Å². The van der Waals surface area contributed by atoms with Crippen molar-refractivity contribution in [3.05, 3.63) is 0 Å².